The molecule has 1 saturated carbocycles. The summed E-state index contributed by atoms with van der Waals surface area (Å²) >= 11 is 1.90. The van der Waals surface area contributed by atoms with Gasteiger partial charge in [0, 0.05) is 29.3 Å². The van der Waals surface area contributed by atoms with Crippen molar-refractivity contribution >= 4 is 17.9 Å². The Hall–Kier alpha value is -1.20. The van der Waals surface area contributed by atoms with Crippen LogP contribution in [-0.2, 0) is 4.74 Å². The van der Waals surface area contributed by atoms with Crippen LogP contribution < -0.4 is 10.6 Å². The van der Waals surface area contributed by atoms with Crippen LogP contribution in [0.1, 0.15) is 45.2 Å². The van der Waals surface area contributed by atoms with Gasteiger partial charge in [0.15, 0.2) is 0 Å². The van der Waals surface area contributed by atoms with E-state index in [4.69, 9.17) is 4.74 Å². The van der Waals surface area contributed by atoms with Crippen LogP contribution in [-0.4, -0.2) is 30.0 Å². The SMILES string of the molecule is CC(C)(C)OC(=O)NC(CNC1CSc2ccccc21)C1CC1. The van der Waals surface area contributed by atoms with Crippen LogP contribution in [0.25, 0.3) is 0 Å². The lowest BCUT2D eigenvalue weighted by atomic mass is 10.1. The van der Waals surface area contributed by atoms with Crippen molar-refractivity contribution in [2.24, 2.45) is 5.92 Å². The van der Waals surface area contributed by atoms with E-state index in [-0.39, 0.29) is 12.1 Å². The van der Waals surface area contributed by atoms with Gasteiger partial charge in [0.05, 0.1) is 0 Å². The summed E-state index contributed by atoms with van der Waals surface area (Å²) in [6.45, 7) is 6.47. The van der Waals surface area contributed by atoms with Gasteiger partial charge in [-0.3, -0.25) is 0 Å². The molecule has 0 aromatic heterocycles. The molecule has 4 nitrogen and oxygen atoms in total. The standard InChI is InChI=1S/C18H26N2O2S/c1-18(2,3)22-17(21)20-14(12-8-9-12)10-19-15-11-23-16-7-5-4-6-13(15)16/h4-7,12,14-15,19H,8-11H2,1-3H3,(H,20,21). The smallest absolute Gasteiger partial charge is 0.407 e. The van der Waals surface area contributed by atoms with E-state index in [1.54, 1.807) is 0 Å². The molecule has 2 atom stereocenters. The van der Waals surface area contributed by atoms with Crippen LogP contribution in [0.4, 0.5) is 4.79 Å². The lowest BCUT2D eigenvalue weighted by molar-refractivity contribution is 0.0497. The number of hydrogen-bond donors (Lipinski definition) is 2. The number of fused-ring (bicyclic) bond motifs is 1. The summed E-state index contributed by atoms with van der Waals surface area (Å²) in [5.41, 5.74) is 0.927. The van der Waals surface area contributed by atoms with E-state index in [2.05, 4.69) is 34.9 Å². The molecular formula is C18H26N2O2S. The van der Waals surface area contributed by atoms with Gasteiger partial charge in [0.1, 0.15) is 5.60 Å². The third kappa shape index (κ3) is 4.64. The van der Waals surface area contributed by atoms with Gasteiger partial charge in [-0.2, -0.15) is 0 Å². The highest BCUT2D eigenvalue weighted by atomic mass is 32.2. The zero-order valence-electron chi connectivity index (χ0n) is 14.1. The van der Waals surface area contributed by atoms with E-state index in [0.717, 1.165) is 12.3 Å². The molecule has 3 rings (SSSR count). The molecule has 1 fully saturated rings. The monoisotopic (exact) mass is 334 g/mol. The molecule has 2 aliphatic rings. The summed E-state index contributed by atoms with van der Waals surface area (Å²) in [4.78, 5) is 13.4. The predicted molar refractivity (Wildman–Crippen MR) is 93.8 cm³/mol. The third-order valence-electron chi connectivity index (χ3n) is 4.18. The van der Waals surface area contributed by atoms with Gasteiger partial charge in [-0.15, -0.1) is 11.8 Å². The molecule has 1 aliphatic heterocycles. The molecule has 126 valence electrons. The molecule has 0 spiro atoms. The molecule has 2 N–H and O–H groups in total. The normalized spacial score (nSPS) is 21.6. The number of ether oxygens (including phenoxy) is 1. The Kier molecular flexibility index (Phi) is 4.87. The first-order valence-corrected chi connectivity index (χ1v) is 9.35. The highest BCUT2D eigenvalue weighted by Crippen LogP contribution is 2.38. The number of alkyl carbamates (subject to hydrolysis) is 1. The maximum Gasteiger partial charge on any atom is 0.407 e. The van der Waals surface area contributed by atoms with Crippen LogP contribution in [0, 0.1) is 5.92 Å². The third-order valence-corrected chi connectivity index (χ3v) is 5.36. The van der Waals surface area contributed by atoms with E-state index in [0.29, 0.717) is 12.0 Å². The Morgan fingerprint density at radius 3 is 2.78 bits per heavy atom. The van der Waals surface area contributed by atoms with E-state index in [1.807, 2.05) is 32.5 Å². The highest BCUT2D eigenvalue weighted by Gasteiger charge is 2.34. The molecule has 0 radical (unpaired) electrons. The number of carbonyl (C=O) groups is 1. The minimum Gasteiger partial charge on any atom is -0.444 e. The number of carbonyl (C=O) groups excluding carboxylic acids is 1. The minimum atomic E-state index is -0.452. The number of nitrogens with one attached hydrogen (secondary N) is 2. The van der Waals surface area contributed by atoms with Gasteiger partial charge in [-0.1, -0.05) is 18.2 Å². The van der Waals surface area contributed by atoms with Crippen molar-refractivity contribution in [1.29, 1.82) is 0 Å². The highest BCUT2D eigenvalue weighted by molar-refractivity contribution is 7.99. The van der Waals surface area contributed by atoms with Crippen LogP contribution >= 0.6 is 11.8 Å². The summed E-state index contributed by atoms with van der Waals surface area (Å²) in [6, 6.07) is 9.09. The molecule has 23 heavy (non-hydrogen) atoms. The average Bonchev–Trinajstić information content (AvgIpc) is 3.23. The summed E-state index contributed by atoms with van der Waals surface area (Å²) in [6.07, 6.45) is 2.08. The molecule has 1 amide bonds. The van der Waals surface area contributed by atoms with Crippen molar-refractivity contribution in [1.82, 2.24) is 10.6 Å². The topological polar surface area (TPSA) is 50.4 Å². The molecule has 1 aromatic carbocycles. The zero-order valence-corrected chi connectivity index (χ0v) is 14.9. The van der Waals surface area contributed by atoms with Crippen LogP contribution in [0.5, 0.6) is 0 Å². The second kappa shape index (κ2) is 6.73. The molecule has 5 heteroatoms. The predicted octanol–water partition coefficient (Wildman–Crippen LogP) is 3.73. The number of benzene rings is 1. The minimum absolute atomic E-state index is 0.155. The van der Waals surface area contributed by atoms with E-state index < -0.39 is 5.60 Å². The van der Waals surface area contributed by atoms with E-state index in [9.17, 15) is 4.79 Å². The fourth-order valence-electron chi connectivity index (χ4n) is 2.89. The maximum absolute atomic E-state index is 12.0. The molecular weight excluding hydrogens is 308 g/mol. The van der Waals surface area contributed by atoms with Crippen molar-refractivity contribution in [3.63, 3.8) is 0 Å². The maximum atomic E-state index is 12.0. The van der Waals surface area contributed by atoms with Gasteiger partial charge < -0.3 is 15.4 Å². The molecule has 1 heterocycles. The van der Waals surface area contributed by atoms with Crippen LogP contribution in [0.2, 0.25) is 0 Å². The van der Waals surface area contributed by atoms with Crippen LogP contribution in [0.3, 0.4) is 0 Å². The van der Waals surface area contributed by atoms with E-state index in [1.165, 1.54) is 23.3 Å². The van der Waals surface area contributed by atoms with Crippen LogP contribution in [0.15, 0.2) is 29.2 Å². The Morgan fingerprint density at radius 1 is 1.35 bits per heavy atom. The van der Waals surface area contributed by atoms with Crippen molar-refractivity contribution in [3.8, 4) is 0 Å². The first-order valence-electron chi connectivity index (χ1n) is 8.37. The largest absolute Gasteiger partial charge is 0.444 e. The number of rotatable bonds is 5. The van der Waals surface area contributed by atoms with Gasteiger partial charge in [0.2, 0.25) is 0 Å². The van der Waals surface area contributed by atoms with Crippen molar-refractivity contribution in [2.45, 2.75) is 56.2 Å². The van der Waals surface area contributed by atoms with Gasteiger partial charge in [-0.25, -0.2) is 4.79 Å². The summed E-state index contributed by atoms with van der Waals surface area (Å²) < 4.78 is 5.39. The first kappa shape index (κ1) is 16.7. The van der Waals surface area contributed by atoms with Crippen molar-refractivity contribution in [2.75, 3.05) is 12.3 Å². The Labute approximate surface area is 142 Å². The zero-order chi connectivity index (χ0) is 16.4. The summed E-state index contributed by atoms with van der Waals surface area (Å²) in [5.74, 6) is 1.64. The number of hydrogen-bond acceptors (Lipinski definition) is 4. The fraction of sp³-hybridized carbons (Fsp3) is 0.611. The molecule has 1 aliphatic carbocycles. The average molecular weight is 334 g/mol. The summed E-state index contributed by atoms with van der Waals surface area (Å²) in [5, 5.41) is 6.69. The quantitative estimate of drug-likeness (QED) is 0.861. The van der Waals surface area contributed by atoms with E-state index >= 15 is 0 Å². The lowest BCUT2D eigenvalue weighted by Gasteiger charge is -2.25. The second-order valence-electron chi connectivity index (χ2n) is 7.40. The second-order valence-corrected chi connectivity index (χ2v) is 8.46. The molecule has 2 unspecified atom stereocenters. The van der Waals surface area contributed by atoms with Gasteiger partial charge in [0.25, 0.3) is 0 Å². The van der Waals surface area contributed by atoms with Crippen molar-refractivity contribution in [3.05, 3.63) is 29.8 Å². The fourth-order valence-corrected chi connectivity index (χ4v) is 4.09. The Bertz CT molecular complexity index is 566. The molecule has 1 aromatic rings. The molecule has 0 saturated heterocycles. The summed E-state index contributed by atoms with van der Waals surface area (Å²) in [7, 11) is 0. The van der Waals surface area contributed by atoms with Gasteiger partial charge >= 0.3 is 6.09 Å². The number of amides is 1. The van der Waals surface area contributed by atoms with Gasteiger partial charge in [-0.05, 0) is 51.2 Å². The van der Waals surface area contributed by atoms with Crippen molar-refractivity contribution < 1.29 is 9.53 Å². The first-order chi connectivity index (χ1) is 10.9. The molecule has 0 bridgehead atoms. The lowest BCUT2D eigenvalue weighted by Crippen LogP contribution is -2.46. The Balaban J connectivity index is 1.54. The number of thioether (sulfide) groups is 1. The Morgan fingerprint density at radius 2 is 2.09 bits per heavy atom.